The predicted octanol–water partition coefficient (Wildman–Crippen LogP) is 2.85. The molecule has 0 aliphatic carbocycles. The lowest BCUT2D eigenvalue weighted by Crippen LogP contribution is -2.49. The standard InChI is InChI=1S/C33H39BrN8O4/c1-38-20-25(17-26(21-38)36-28-18-35-39(2)32(45)30(28)34)23-5-7-24(8-6-23)31(44)41-15-13-40(14-16-41)19-22-3-9-27(10-4-22)42-12-11-29(43)37-33(42)46/h3-10,18,25-26,36H,11-17,19-21H2,1-2H3,(H,37,43,46)/t25-,26+/m0/s1. The number of piperazine rings is 1. The third-order valence-electron chi connectivity index (χ3n) is 9.07. The van der Waals surface area contributed by atoms with Crippen LogP contribution in [0, 0.1) is 0 Å². The van der Waals surface area contributed by atoms with Crippen molar-refractivity contribution in [3.05, 3.63) is 86.2 Å². The Morgan fingerprint density at radius 1 is 0.957 bits per heavy atom. The molecule has 242 valence electrons. The van der Waals surface area contributed by atoms with E-state index in [4.69, 9.17) is 0 Å². The van der Waals surface area contributed by atoms with Crippen molar-refractivity contribution < 1.29 is 14.4 Å². The minimum absolute atomic E-state index is 0.0529. The van der Waals surface area contributed by atoms with E-state index in [1.54, 1.807) is 18.1 Å². The van der Waals surface area contributed by atoms with E-state index in [1.165, 1.54) is 10.2 Å². The molecule has 3 aliphatic heterocycles. The van der Waals surface area contributed by atoms with Crippen molar-refractivity contribution in [3.8, 4) is 0 Å². The zero-order valence-corrected chi connectivity index (χ0v) is 27.7. The summed E-state index contributed by atoms with van der Waals surface area (Å²) in [5, 5.41) is 10.0. The maximum atomic E-state index is 13.4. The molecule has 2 aromatic carbocycles. The number of urea groups is 1. The van der Waals surface area contributed by atoms with Crippen molar-refractivity contribution in [2.75, 3.05) is 63.1 Å². The van der Waals surface area contributed by atoms with Gasteiger partial charge in [-0.05, 0) is 70.7 Å². The van der Waals surface area contributed by atoms with Gasteiger partial charge in [-0.3, -0.25) is 29.5 Å². The number of anilines is 2. The number of aryl methyl sites for hydroxylation is 1. The van der Waals surface area contributed by atoms with Gasteiger partial charge < -0.3 is 15.1 Å². The van der Waals surface area contributed by atoms with Gasteiger partial charge in [0, 0.05) is 83.1 Å². The second kappa shape index (κ2) is 13.7. The number of halogens is 1. The van der Waals surface area contributed by atoms with Gasteiger partial charge >= 0.3 is 6.03 Å². The molecule has 0 spiro atoms. The largest absolute Gasteiger partial charge is 0.379 e. The average molecular weight is 692 g/mol. The molecule has 0 radical (unpaired) electrons. The Kier molecular flexibility index (Phi) is 9.52. The Bertz CT molecular complexity index is 1650. The SMILES string of the molecule is CN1C[C@H](Nc2cnn(C)c(=O)c2Br)C[C@H](c2ccc(C(=O)N3CCN(Cc4ccc(N5CCC(=O)NC5=O)cc4)CC3)cc2)C1. The molecule has 0 bridgehead atoms. The minimum Gasteiger partial charge on any atom is -0.379 e. The molecule has 6 rings (SSSR count). The van der Waals surface area contributed by atoms with E-state index in [9.17, 15) is 19.2 Å². The zero-order chi connectivity index (χ0) is 32.4. The van der Waals surface area contributed by atoms with Gasteiger partial charge in [-0.15, -0.1) is 0 Å². The maximum absolute atomic E-state index is 13.4. The lowest BCUT2D eigenvalue weighted by atomic mass is 9.87. The Labute approximate surface area is 276 Å². The van der Waals surface area contributed by atoms with Gasteiger partial charge in [-0.25, -0.2) is 9.48 Å². The molecule has 3 aliphatic rings. The molecule has 46 heavy (non-hydrogen) atoms. The molecule has 0 unspecified atom stereocenters. The molecule has 3 saturated heterocycles. The van der Waals surface area contributed by atoms with E-state index in [1.807, 2.05) is 41.3 Å². The smallest absolute Gasteiger partial charge is 0.328 e. The summed E-state index contributed by atoms with van der Waals surface area (Å²) < 4.78 is 1.79. The van der Waals surface area contributed by atoms with Crippen molar-refractivity contribution in [2.45, 2.75) is 31.3 Å². The summed E-state index contributed by atoms with van der Waals surface area (Å²) in [5.41, 5.74) is 4.32. The molecule has 13 heteroatoms. The second-order valence-corrected chi connectivity index (χ2v) is 13.2. The van der Waals surface area contributed by atoms with Crippen molar-refractivity contribution in [2.24, 2.45) is 7.05 Å². The highest BCUT2D eigenvalue weighted by Crippen LogP contribution is 2.30. The molecule has 12 nitrogen and oxygen atoms in total. The number of imide groups is 1. The topological polar surface area (TPSA) is 123 Å². The van der Waals surface area contributed by atoms with Crippen LogP contribution in [0.1, 0.15) is 40.2 Å². The molecule has 4 heterocycles. The fraction of sp³-hybridized carbons (Fsp3) is 0.424. The van der Waals surface area contributed by atoms with Crippen LogP contribution in [0.2, 0.25) is 0 Å². The van der Waals surface area contributed by atoms with Crippen LogP contribution in [0.5, 0.6) is 0 Å². The summed E-state index contributed by atoms with van der Waals surface area (Å²) in [6, 6.07) is 15.7. The van der Waals surface area contributed by atoms with Crippen LogP contribution in [0.3, 0.4) is 0 Å². The molecular weight excluding hydrogens is 652 g/mol. The number of aromatic nitrogens is 2. The third kappa shape index (κ3) is 7.16. The summed E-state index contributed by atoms with van der Waals surface area (Å²) in [6.07, 6.45) is 2.88. The lowest BCUT2D eigenvalue weighted by Gasteiger charge is -2.37. The molecule has 4 amide bonds. The number of carbonyl (C=O) groups is 3. The van der Waals surface area contributed by atoms with Crippen LogP contribution in [0.25, 0.3) is 0 Å². The number of carbonyl (C=O) groups excluding carboxylic acids is 3. The Hall–Kier alpha value is -4.07. The number of hydrogen-bond donors (Lipinski definition) is 2. The summed E-state index contributed by atoms with van der Waals surface area (Å²) in [6.45, 7) is 5.81. The third-order valence-corrected chi connectivity index (χ3v) is 9.83. The highest BCUT2D eigenvalue weighted by molar-refractivity contribution is 9.10. The van der Waals surface area contributed by atoms with Crippen LogP contribution in [-0.4, -0.2) is 101 Å². The van der Waals surface area contributed by atoms with E-state index in [0.717, 1.165) is 50.4 Å². The number of likely N-dealkylation sites (N-methyl/N-ethyl adjacent to an activating group) is 1. The number of rotatable bonds is 7. The van der Waals surface area contributed by atoms with E-state index < -0.39 is 0 Å². The molecule has 0 saturated carbocycles. The van der Waals surface area contributed by atoms with Crippen LogP contribution in [0.15, 0.2) is 64.0 Å². The fourth-order valence-corrected chi connectivity index (χ4v) is 7.01. The highest BCUT2D eigenvalue weighted by Gasteiger charge is 2.28. The number of nitrogens with zero attached hydrogens (tertiary/aromatic N) is 6. The molecule has 2 N–H and O–H groups in total. The van der Waals surface area contributed by atoms with E-state index in [0.29, 0.717) is 41.8 Å². The Balaban J connectivity index is 1.00. The number of piperidine rings is 1. The van der Waals surface area contributed by atoms with Gasteiger partial charge in [0.25, 0.3) is 11.5 Å². The summed E-state index contributed by atoms with van der Waals surface area (Å²) in [7, 11) is 3.73. The fourth-order valence-electron chi connectivity index (χ4n) is 6.54. The quantitative estimate of drug-likeness (QED) is 0.388. The van der Waals surface area contributed by atoms with Gasteiger partial charge in [0.1, 0.15) is 4.47 Å². The number of nitrogens with one attached hydrogen (secondary N) is 2. The first-order valence-electron chi connectivity index (χ1n) is 15.6. The van der Waals surface area contributed by atoms with Crippen molar-refractivity contribution in [1.29, 1.82) is 0 Å². The van der Waals surface area contributed by atoms with Gasteiger partial charge in [0.05, 0.1) is 11.9 Å². The van der Waals surface area contributed by atoms with Gasteiger partial charge in [-0.2, -0.15) is 5.10 Å². The summed E-state index contributed by atoms with van der Waals surface area (Å²) in [5.74, 6) is 0.101. The zero-order valence-electron chi connectivity index (χ0n) is 26.1. The average Bonchev–Trinajstić information content (AvgIpc) is 3.05. The minimum atomic E-state index is -0.382. The number of benzene rings is 2. The number of likely N-dealkylation sites (tertiary alicyclic amines) is 1. The first-order chi connectivity index (χ1) is 22.1. The maximum Gasteiger partial charge on any atom is 0.328 e. The van der Waals surface area contributed by atoms with Gasteiger partial charge in [-0.1, -0.05) is 24.3 Å². The summed E-state index contributed by atoms with van der Waals surface area (Å²) in [4.78, 5) is 57.4. The van der Waals surface area contributed by atoms with E-state index >= 15 is 0 Å². The molecule has 2 atom stereocenters. The molecule has 1 aromatic heterocycles. The second-order valence-electron chi connectivity index (χ2n) is 12.4. The van der Waals surface area contributed by atoms with Crippen molar-refractivity contribution >= 4 is 45.2 Å². The summed E-state index contributed by atoms with van der Waals surface area (Å²) >= 11 is 3.41. The Morgan fingerprint density at radius 3 is 2.37 bits per heavy atom. The van der Waals surface area contributed by atoms with Crippen LogP contribution >= 0.6 is 15.9 Å². The van der Waals surface area contributed by atoms with Crippen LogP contribution < -0.4 is 21.1 Å². The van der Waals surface area contributed by atoms with Crippen molar-refractivity contribution in [3.63, 3.8) is 0 Å². The van der Waals surface area contributed by atoms with Gasteiger partial charge in [0.15, 0.2) is 0 Å². The van der Waals surface area contributed by atoms with Crippen molar-refractivity contribution in [1.82, 2.24) is 29.8 Å². The Morgan fingerprint density at radius 2 is 1.67 bits per heavy atom. The first kappa shape index (κ1) is 31.9. The normalized spacial score (nSPS) is 21.3. The first-order valence-corrected chi connectivity index (χ1v) is 16.4. The van der Waals surface area contributed by atoms with E-state index in [-0.39, 0.29) is 35.4 Å². The molecular formula is C33H39BrN8O4. The van der Waals surface area contributed by atoms with E-state index in [2.05, 4.69) is 60.6 Å². The predicted molar refractivity (Wildman–Crippen MR) is 179 cm³/mol. The van der Waals surface area contributed by atoms with Crippen LogP contribution in [0.4, 0.5) is 16.2 Å². The lowest BCUT2D eigenvalue weighted by molar-refractivity contribution is -0.120. The highest BCUT2D eigenvalue weighted by atomic mass is 79.9. The molecule has 3 fully saturated rings. The van der Waals surface area contributed by atoms with Crippen LogP contribution in [-0.2, 0) is 18.4 Å². The number of hydrogen-bond acceptors (Lipinski definition) is 8. The van der Waals surface area contributed by atoms with Gasteiger partial charge in [0.2, 0.25) is 5.91 Å². The monoisotopic (exact) mass is 690 g/mol. The molecule has 3 aromatic rings. The number of amides is 4.